The number of thiophene rings is 1. The van der Waals surface area contributed by atoms with Crippen LogP contribution >= 0.6 is 11.3 Å². The molecule has 7 heteroatoms. The van der Waals surface area contributed by atoms with E-state index in [9.17, 15) is 9.59 Å². The lowest BCUT2D eigenvalue weighted by Crippen LogP contribution is -2.39. The van der Waals surface area contributed by atoms with Gasteiger partial charge in [-0.3, -0.25) is 15.0 Å². The summed E-state index contributed by atoms with van der Waals surface area (Å²) in [5.74, 6) is -1.22. The molecule has 136 valence electrons. The quantitative estimate of drug-likeness (QED) is 0.816. The van der Waals surface area contributed by atoms with Gasteiger partial charge < -0.3 is 10.0 Å². The molecule has 0 radical (unpaired) electrons. The van der Waals surface area contributed by atoms with Crippen molar-refractivity contribution in [3.05, 3.63) is 58.3 Å². The van der Waals surface area contributed by atoms with E-state index in [1.807, 2.05) is 66.8 Å². The highest BCUT2D eigenvalue weighted by Gasteiger charge is 2.31. The third-order valence-corrected chi connectivity index (χ3v) is 5.11. The largest absolute Gasteiger partial charge is 0.481 e. The minimum absolute atomic E-state index is 0.0415. The van der Waals surface area contributed by atoms with Crippen molar-refractivity contribution < 1.29 is 14.7 Å². The Hall–Kier alpha value is -2.80. The van der Waals surface area contributed by atoms with Gasteiger partial charge in [0.2, 0.25) is 5.91 Å². The zero-order valence-electron chi connectivity index (χ0n) is 14.7. The molecule has 6 nitrogen and oxygen atoms in total. The standard InChI is InChI=1S/C19H21N3O3S/c1-21(2)14-7-5-13(6-8-14)16-12-15(17-4-3-11-26-17)20-22(16)18(23)9-10-19(24)25/h3-8,11-12,16,20H,9-10H2,1-2H3,(H,24,25)/t16-/m1/s1. The molecule has 0 aliphatic carbocycles. The molecule has 2 aromatic rings. The van der Waals surface area contributed by atoms with E-state index in [1.165, 1.54) is 5.01 Å². The van der Waals surface area contributed by atoms with Crippen molar-refractivity contribution >= 4 is 34.6 Å². The Bertz CT molecular complexity index is 813. The van der Waals surface area contributed by atoms with Gasteiger partial charge in [0.25, 0.3) is 0 Å². The Morgan fingerprint density at radius 1 is 1.19 bits per heavy atom. The number of nitrogens with zero attached hydrogens (tertiary/aromatic N) is 2. The highest BCUT2D eigenvalue weighted by atomic mass is 32.1. The number of hydrogen-bond acceptors (Lipinski definition) is 5. The van der Waals surface area contributed by atoms with Crippen LogP contribution in [0, 0.1) is 0 Å². The molecule has 3 rings (SSSR count). The summed E-state index contributed by atoms with van der Waals surface area (Å²) in [4.78, 5) is 26.5. The normalized spacial score (nSPS) is 16.2. The average molecular weight is 371 g/mol. The minimum Gasteiger partial charge on any atom is -0.481 e. The molecule has 2 heterocycles. The van der Waals surface area contributed by atoms with Crippen molar-refractivity contribution in [2.24, 2.45) is 0 Å². The molecule has 1 aliphatic rings. The number of carbonyl (C=O) groups excluding carboxylic acids is 1. The lowest BCUT2D eigenvalue weighted by atomic mass is 10.0. The summed E-state index contributed by atoms with van der Waals surface area (Å²) in [5.41, 5.74) is 6.07. The van der Waals surface area contributed by atoms with E-state index >= 15 is 0 Å². The summed E-state index contributed by atoms with van der Waals surface area (Å²) in [6.45, 7) is 0. The molecular weight excluding hydrogens is 350 g/mol. The van der Waals surface area contributed by atoms with Crippen molar-refractivity contribution in [1.82, 2.24) is 10.4 Å². The number of nitrogens with one attached hydrogen (secondary N) is 1. The maximum absolute atomic E-state index is 12.6. The Kier molecular flexibility index (Phi) is 5.27. The number of aliphatic carboxylic acids is 1. The van der Waals surface area contributed by atoms with Gasteiger partial charge in [0, 0.05) is 26.2 Å². The molecule has 0 bridgehead atoms. The molecule has 0 saturated carbocycles. The highest BCUT2D eigenvalue weighted by molar-refractivity contribution is 7.11. The van der Waals surface area contributed by atoms with Crippen molar-refractivity contribution in [1.29, 1.82) is 0 Å². The Morgan fingerprint density at radius 3 is 2.50 bits per heavy atom. The third-order valence-electron chi connectivity index (χ3n) is 4.20. The van der Waals surface area contributed by atoms with E-state index in [4.69, 9.17) is 5.11 Å². The molecule has 1 atom stereocenters. The second-order valence-electron chi connectivity index (χ2n) is 6.26. The van der Waals surface area contributed by atoms with Crippen LogP contribution in [0.25, 0.3) is 5.70 Å². The van der Waals surface area contributed by atoms with Crippen LogP contribution in [0.2, 0.25) is 0 Å². The molecule has 0 spiro atoms. The number of benzene rings is 1. The molecule has 0 unspecified atom stereocenters. The van der Waals surface area contributed by atoms with Crippen molar-refractivity contribution in [2.75, 3.05) is 19.0 Å². The number of anilines is 1. The van der Waals surface area contributed by atoms with Crippen LogP contribution in [0.1, 0.15) is 29.3 Å². The van der Waals surface area contributed by atoms with Gasteiger partial charge >= 0.3 is 5.97 Å². The second kappa shape index (κ2) is 7.61. The van der Waals surface area contributed by atoms with Gasteiger partial charge in [-0.25, -0.2) is 5.01 Å². The number of rotatable bonds is 6. The summed E-state index contributed by atoms with van der Waals surface area (Å²) in [6, 6.07) is 11.7. The third kappa shape index (κ3) is 3.88. The zero-order chi connectivity index (χ0) is 18.7. The summed E-state index contributed by atoms with van der Waals surface area (Å²) < 4.78 is 0. The van der Waals surface area contributed by atoms with Crippen LogP contribution in [0.15, 0.2) is 47.9 Å². The molecule has 1 aromatic carbocycles. The molecule has 1 aliphatic heterocycles. The van der Waals surface area contributed by atoms with Crippen LogP contribution in [0.4, 0.5) is 5.69 Å². The van der Waals surface area contributed by atoms with Crippen molar-refractivity contribution in [3.63, 3.8) is 0 Å². The molecule has 26 heavy (non-hydrogen) atoms. The molecule has 0 saturated heterocycles. The lowest BCUT2D eigenvalue weighted by Gasteiger charge is -2.25. The van der Waals surface area contributed by atoms with E-state index in [0.717, 1.165) is 21.8 Å². The van der Waals surface area contributed by atoms with Gasteiger partial charge in [0.05, 0.1) is 23.0 Å². The molecule has 1 amide bonds. The van der Waals surface area contributed by atoms with E-state index in [1.54, 1.807) is 11.3 Å². The van der Waals surface area contributed by atoms with Crippen LogP contribution in [-0.4, -0.2) is 36.1 Å². The predicted octanol–water partition coefficient (Wildman–Crippen LogP) is 3.11. The van der Waals surface area contributed by atoms with Crippen LogP contribution < -0.4 is 10.3 Å². The smallest absolute Gasteiger partial charge is 0.303 e. The molecular formula is C19H21N3O3S. The van der Waals surface area contributed by atoms with E-state index < -0.39 is 5.97 Å². The maximum Gasteiger partial charge on any atom is 0.303 e. The number of hydrazine groups is 1. The number of carboxylic acid groups (broad SMARTS) is 1. The summed E-state index contributed by atoms with van der Waals surface area (Å²) in [5, 5.41) is 12.4. The van der Waals surface area contributed by atoms with Gasteiger partial charge in [-0.2, -0.15) is 0 Å². The first kappa shape index (κ1) is 18.0. The van der Waals surface area contributed by atoms with Gasteiger partial charge in [0.1, 0.15) is 0 Å². The van der Waals surface area contributed by atoms with Crippen molar-refractivity contribution in [3.8, 4) is 0 Å². The average Bonchev–Trinajstić information content (AvgIpc) is 3.29. The van der Waals surface area contributed by atoms with Gasteiger partial charge in [-0.05, 0) is 35.2 Å². The van der Waals surface area contributed by atoms with Gasteiger partial charge in [-0.1, -0.05) is 18.2 Å². The first-order valence-electron chi connectivity index (χ1n) is 8.29. The van der Waals surface area contributed by atoms with Crippen LogP contribution in [0.5, 0.6) is 0 Å². The Balaban J connectivity index is 1.87. The first-order chi connectivity index (χ1) is 12.5. The summed E-state index contributed by atoms with van der Waals surface area (Å²) in [6.07, 6.45) is 1.78. The van der Waals surface area contributed by atoms with Crippen LogP contribution in [-0.2, 0) is 9.59 Å². The topological polar surface area (TPSA) is 72.9 Å². The number of amides is 1. The van der Waals surface area contributed by atoms with E-state index in [2.05, 4.69) is 5.43 Å². The number of hydrogen-bond donors (Lipinski definition) is 2. The monoisotopic (exact) mass is 371 g/mol. The SMILES string of the molecule is CN(C)c1ccc([C@H]2C=C(c3cccs3)NN2C(=O)CCC(=O)O)cc1. The fourth-order valence-electron chi connectivity index (χ4n) is 2.80. The Morgan fingerprint density at radius 2 is 1.92 bits per heavy atom. The lowest BCUT2D eigenvalue weighted by molar-refractivity contribution is -0.142. The second-order valence-corrected chi connectivity index (χ2v) is 7.21. The van der Waals surface area contributed by atoms with E-state index in [0.29, 0.717) is 0 Å². The van der Waals surface area contributed by atoms with Crippen molar-refractivity contribution in [2.45, 2.75) is 18.9 Å². The molecule has 1 aromatic heterocycles. The number of carboxylic acids is 1. The maximum atomic E-state index is 12.6. The predicted molar refractivity (Wildman–Crippen MR) is 103 cm³/mol. The first-order valence-corrected chi connectivity index (χ1v) is 9.17. The fraction of sp³-hybridized carbons (Fsp3) is 0.263. The number of carbonyl (C=O) groups is 2. The minimum atomic E-state index is -0.976. The van der Waals surface area contributed by atoms with E-state index in [-0.39, 0.29) is 24.8 Å². The molecule has 2 N–H and O–H groups in total. The molecule has 0 fully saturated rings. The fourth-order valence-corrected chi connectivity index (χ4v) is 3.51. The van der Waals surface area contributed by atoms with Gasteiger partial charge in [0.15, 0.2) is 0 Å². The zero-order valence-corrected chi connectivity index (χ0v) is 15.5. The highest BCUT2D eigenvalue weighted by Crippen LogP contribution is 2.33. The van der Waals surface area contributed by atoms with Gasteiger partial charge in [-0.15, -0.1) is 11.3 Å². The Labute approximate surface area is 156 Å². The van der Waals surface area contributed by atoms with Crippen LogP contribution in [0.3, 0.4) is 0 Å². The summed E-state index contributed by atoms with van der Waals surface area (Å²) >= 11 is 1.59. The summed E-state index contributed by atoms with van der Waals surface area (Å²) in [7, 11) is 3.95.